The molecule has 2 rings (SSSR count). The second-order valence-electron chi connectivity index (χ2n) is 4.72. The number of likely N-dealkylation sites (N-methyl/N-ethyl adjacent to an activating group) is 1. The Morgan fingerprint density at radius 2 is 2.12 bits per heavy atom. The molecule has 94 valence electrons. The lowest BCUT2D eigenvalue weighted by Crippen LogP contribution is -2.46. The number of rotatable bonds is 4. The zero-order valence-electron chi connectivity index (χ0n) is 10.5. The fraction of sp³-hybridized carbons (Fsp3) is 0.615. The minimum atomic E-state index is 0.433. The number of pyridine rings is 1. The molecule has 0 bridgehead atoms. The molecule has 1 saturated heterocycles. The quantitative estimate of drug-likeness (QED) is 0.834. The van der Waals surface area contributed by atoms with E-state index in [4.69, 9.17) is 5.73 Å². The van der Waals surface area contributed by atoms with Gasteiger partial charge in [-0.3, -0.25) is 9.88 Å². The first kappa shape index (κ1) is 12.5. The SMILES string of the molecule is CN1CCN(C(CCN)c2cccnc2)CC1. The highest BCUT2D eigenvalue weighted by Crippen LogP contribution is 2.24. The molecule has 0 amide bonds. The molecule has 0 radical (unpaired) electrons. The molecule has 0 saturated carbocycles. The summed E-state index contributed by atoms with van der Waals surface area (Å²) >= 11 is 0. The van der Waals surface area contributed by atoms with Gasteiger partial charge in [0.2, 0.25) is 0 Å². The molecule has 0 aliphatic carbocycles. The standard InChI is InChI=1S/C13H22N4/c1-16-7-9-17(10-8-16)13(4-5-14)12-3-2-6-15-11-12/h2-3,6,11,13H,4-5,7-10,14H2,1H3. The Balaban J connectivity index is 2.07. The normalized spacial score (nSPS) is 20.4. The maximum Gasteiger partial charge on any atom is 0.0376 e. The molecule has 4 nitrogen and oxygen atoms in total. The molecule has 4 heteroatoms. The zero-order chi connectivity index (χ0) is 12.1. The molecular weight excluding hydrogens is 212 g/mol. The molecule has 2 N–H and O–H groups in total. The van der Waals surface area contributed by atoms with Crippen LogP contribution < -0.4 is 5.73 Å². The van der Waals surface area contributed by atoms with E-state index in [9.17, 15) is 0 Å². The summed E-state index contributed by atoms with van der Waals surface area (Å²) < 4.78 is 0. The predicted octanol–water partition coefficient (Wildman–Crippen LogP) is 0.719. The minimum absolute atomic E-state index is 0.433. The summed E-state index contributed by atoms with van der Waals surface area (Å²) in [6.45, 7) is 5.25. The van der Waals surface area contributed by atoms with E-state index in [2.05, 4.69) is 27.9 Å². The van der Waals surface area contributed by atoms with Crippen LogP contribution in [0.1, 0.15) is 18.0 Å². The van der Waals surface area contributed by atoms with Crippen molar-refractivity contribution < 1.29 is 0 Å². The van der Waals surface area contributed by atoms with E-state index in [0.29, 0.717) is 6.04 Å². The van der Waals surface area contributed by atoms with Crippen molar-refractivity contribution >= 4 is 0 Å². The zero-order valence-corrected chi connectivity index (χ0v) is 10.5. The Kier molecular flexibility index (Phi) is 4.48. The van der Waals surface area contributed by atoms with E-state index in [1.54, 1.807) is 0 Å². The third kappa shape index (κ3) is 3.25. The van der Waals surface area contributed by atoms with Crippen LogP contribution in [-0.2, 0) is 0 Å². The summed E-state index contributed by atoms with van der Waals surface area (Å²) in [4.78, 5) is 9.13. The van der Waals surface area contributed by atoms with Gasteiger partial charge in [-0.2, -0.15) is 0 Å². The second kappa shape index (κ2) is 6.10. The van der Waals surface area contributed by atoms with Crippen molar-refractivity contribution in [2.24, 2.45) is 5.73 Å². The van der Waals surface area contributed by atoms with Crippen LogP contribution in [0.15, 0.2) is 24.5 Å². The van der Waals surface area contributed by atoms with Crippen LogP contribution >= 0.6 is 0 Å². The first-order valence-electron chi connectivity index (χ1n) is 6.34. The van der Waals surface area contributed by atoms with Crippen LogP contribution in [0.25, 0.3) is 0 Å². The summed E-state index contributed by atoms with van der Waals surface area (Å²) in [6, 6.07) is 4.60. The van der Waals surface area contributed by atoms with Crippen molar-refractivity contribution in [3.05, 3.63) is 30.1 Å². The Bertz CT molecular complexity index is 319. The lowest BCUT2D eigenvalue weighted by Gasteiger charge is -2.38. The first-order chi connectivity index (χ1) is 8.31. The van der Waals surface area contributed by atoms with Crippen molar-refractivity contribution in [3.8, 4) is 0 Å². The topological polar surface area (TPSA) is 45.4 Å². The molecule has 0 aromatic carbocycles. The highest BCUT2D eigenvalue weighted by molar-refractivity contribution is 5.14. The summed E-state index contributed by atoms with van der Waals surface area (Å²) in [5.41, 5.74) is 7.04. The summed E-state index contributed by atoms with van der Waals surface area (Å²) in [6.07, 6.45) is 4.81. The van der Waals surface area contributed by atoms with Crippen molar-refractivity contribution in [2.45, 2.75) is 12.5 Å². The van der Waals surface area contributed by atoms with E-state index in [1.165, 1.54) is 5.56 Å². The van der Waals surface area contributed by atoms with Gasteiger partial charge in [-0.05, 0) is 31.6 Å². The Morgan fingerprint density at radius 3 is 2.71 bits per heavy atom. The average molecular weight is 234 g/mol. The Hall–Kier alpha value is -0.970. The van der Waals surface area contributed by atoms with Gasteiger partial charge in [0.05, 0.1) is 0 Å². The second-order valence-corrected chi connectivity index (χ2v) is 4.72. The van der Waals surface area contributed by atoms with E-state index in [0.717, 1.165) is 39.1 Å². The maximum atomic E-state index is 5.74. The van der Waals surface area contributed by atoms with Gasteiger partial charge in [-0.15, -0.1) is 0 Å². The maximum absolute atomic E-state index is 5.74. The number of aromatic nitrogens is 1. The van der Waals surface area contributed by atoms with Gasteiger partial charge in [0.15, 0.2) is 0 Å². The fourth-order valence-electron chi connectivity index (χ4n) is 2.42. The van der Waals surface area contributed by atoms with E-state index < -0.39 is 0 Å². The largest absolute Gasteiger partial charge is 0.330 e. The number of nitrogens with zero attached hydrogens (tertiary/aromatic N) is 3. The van der Waals surface area contributed by atoms with Gasteiger partial charge in [-0.1, -0.05) is 6.07 Å². The number of piperazine rings is 1. The van der Waals surface area contributed by atoms with Gasteiger partial charge < -0.3 is 10.6 Å². The highest BCUT2D eigenvalue weighted by Gasteiger charge is 2.23. The molecule has 1 aromatic rings. The Morgan fingerprint density at radius 1 is 1.35 bits per heavy atom. The van der Waals surface area contributed by atoms with E-state index in [-0.39, 0.29) is 0 Å². The third-order valence-corrected chi connectivity index (χ3v) is 3.49. The molecule has 1 aliphatic rings. The molecule has 2 heterocycles. The molecule has 17 heavy (non-hydrogen) atoms. The molecule has 1 aliphatic heterocycles. The number of hydrogen-bond acceptors (Lipinski definition) is 4. The van der Waals surface area contributed by atoms with Gasteiger partial charge in [0, 0.05) is 44.6 Å². The molecule has 1 fully saturated rings. The van der Waals surface area contributed by atoms with Gasteiger partial charge in [0.1, 0.15) is 0 Å². The number of nitrogens with two attached hydrogens (primary N) is 1. The van der Waals surface area contributed by atoms with Gasteiger partial charge in [-0.25, -0.2) is 0 Å². The van der Waals surface area contributed by atoms with Crippen LogP contribution in [0.3, 0.4) is 0 Å². The van der Waals surface area contributed by atoms with E-state index >= 15 is 0 Å². The molecule has 0 spiro atoms. The number of hydrogen-bond donors (Lipinski definition) is 1. The fourth-order valence-corrected chi connectivity index (χ4v) is 2.42. The first-order valence-corrected chi connectivity index (χ1v) is 6.34. The highest BCUT2D eigenvalue weighted by atomic mass is 15.3. The summed E-state index contributed by atoms with van der Waals surface area (Å²) in [7, 11) is 2.18. The van der Waals surface area contributed by atoms with Gasteiger partial charge in [0.25, 0.3) is 0 Å². The van der Waals surface area contributed by atoms with Crippen molar-refractivity contribution in [2.75, 3.05) is 39.8 Å². The molecule has 1 unspecified atom stereocenters. The summed E-state index contributed by atoms with van der Waals surface area (Å²) in [5, 5.41) is 0. The lowest BCUT2D eigenvalue weighted by molar-refractivity contribution is 0.107. The molecular formula is C13H22N4. The van der Waals surface area contributed by atoms with Crippen LogP contribution in [0.2, 0.25) is 0 Å². The minimum Gasteiger partial charge on any atom is -0.330 e. The third-order valence-electron chi connectivity index (χ3n) is 3.49. The van der Waals surface area contributed by atoms with Crippen molar-refractivity contribution in [1.82, 2.24) is 14.8 Å². The average Bonchev–Trinajstić information content (AvgIpc) is 2.38. The van der Waals surface area contributed by atoms with Crippen molar-refractivity contribution in [3.63, 3.8) is 0 Å². The monoisotopic (exact) mass is 234 g/mol. The van der Waals surface area contributed by atoms with Gasteiger partial charge >= 0.3 is 0 Å². The summed E-state index contributed by atoms with van der Waals surface area (Å²) in [5.74, 6) is 0. The molecule has 1 atom stereocenters. The lowest BCUT2D eigenvalue weighted by atomic mass is 10.0. The predicted molar refractivity (Wildman–Crippen MR) is 69.7 cm³/mol. The smallest absolute Gasteiger partial charge is 0.0376 e. The van der Waals surface area contributed by atoms with Crippen LogP contribution in [0.5, 0.6) is 0 Å². The van der Waals surface area contributed by atoms with Crippen LogP contribution in [-0.4, -0.2) is 54.6 Å². The Labute approximate surface area is 103 Å². The van der Waals surface area contributed by atoms with Crippen LogP contribution in [0, 0.1) is 0 Å². The molecule has 1 aromatic heterocycles. The van der Waals surface area contributed by atoms with Crippen LogP contribution in [0.4, 0.5) is 0 Å². The van der Waals surface area contributed by atoms with E-state index in [1.807, 2.05) is 18.5 Å². The van der Waals surface area contributed by atoms with Crippen molar-refractivity contribution in [1.29, 1.82) is 0 Å².